The molecule has 178 valence electrons. The van der Waals surface area contributed by atoms with Crippen LogP contribution in [0.3, 0.4) is 0 Å². The average Bonchev–Trinajstić information content (AvgIpc) is 3.56. The molecule has 1 unspecified atom stereocenters. The molecule has 2 aliphatic rings. The highest BCUT2D eigenvalue weighted by Crippen LogP contribution is 2.40. The van der Waals surface area contributed by atoms with Crippen molar-refractivity contribution in [3.63, 3.8) is 0 Å². The molecule has 1 atom stereocenters. The van der Waals surface area contributed by atoms with E-state index in [9.17, 15) is 8.60 Å². The first kappa shape index (κ1) is 21.9. The van der Waals surface area contributed by atoms with E-state index in [0.29, 0.717) is 5.92 Å². The van der Waals surface area contributed by atoms with Crippen molar-refractivity contribution in [2.24, 2.45) is 0 Å². The van der Waals surface area contributed by atoms with Crippen LogP contribution in [0.4, 0.5) is 4.39 Å². The topological polar surface area (TPSA) is 63.1 Å². The number of aromatic amines is 1. The Labute approximate surface area is 200 Å². The third-order valence-corrected chi connectivity index (χ3v) is 8.79. The SMILES string of the molecule is O=S1CCCN1CCCc1c(C2CCOCC2)n(-c2ccc(F)cc2)c2cc3cn[nH]c3cc12. The summed E-state index contributed by atoms with van der Waals surface area (Å²) in [7, 11) is -0.832. The van der Waals surface area contributed by atoms with E-state index in [2.05, 4.69) is 31.2 Å². The van der Waals surface area contributed by atoms with Crippen molar-refractivity contribution in [2.75, 3.05) is 32.1 Å². The average molecular weight is 481 g/mol. The van der Waals surface area contributed by atoms with Gasteiger partial charge in [-0.3, -0.25) is 5.10 Å². The zero-order chi connectivity index (χ0) is 23.1. The molecule has 0 spiro atoms. The Bertz CT molecular complexity index is 1340. The molecule has 0 radical (unpaired) electrons. The van der Waals surface area contributed by atoms with Crippen LogP contribution in [0.2, 0.25) is 0 Å². The number of fused-ring (bicyclic) bond motifs is 2. The highest BCUT2D eigenvalue weighted by molar-refractivity contribution is 7.82. The molecule has 4 aromatic rings. The van der Waals surface area contributed by atoms with Crippen LogP contribution in [0.15, 0.2) is 42.6 Å². The van der Waals surface area contributed by atoms with Crippen molar-refractivity contribution in [1.82, 2.24) is 19.1 Å². The van der Waals surface area contributed by atoms with Gasteiger partial charge in [-0.05, 0) is 74.1 Å². The maximum Gasteiger partial charge on any atom is 0.123 e. The van der Waals surface area contributed by atoms with E-state index < -0.39 is 11.0 Å². The van der Waals surface area contributed by atoms with Crippen molar-refractivity contribution in [2.45, 2.75) is 38.0 Å². The number of halogens is 1. The molecule has 2 fully saturated rings. The quantitative estimate of drug-likeness (QED) is 0.430. The number of H-pyrrole nitrogens is 1. The van der Waals surface area contributed by atoms with Crippen LogP contribution in [0, 0.1) is 5.82 Å². The first-order chi connectivity index (χ1) is 16.7. The Kier molecular flexibility index (Phi) is 5.97. The summed E-state index contributed by atoms with van der Waals surface area (Å²) < 4.78 is 36.2. The second-order valence-electron chi connectivity index (χ2n) is 9.30. The standard InChI is InChI=1S/C26H29FN4O2S/c27-20-4-6-21(7-5-20)31-25-15-19-17-28-29-24(19)16-23(25)22(26(31)18-8-12-33-13-9-18)3-1-10-30-11-2-14-34(30)32/h4-7,15-18H,1-3,8-14H2,(H,28,29). The molecule has 0 bridgehead atoms. The molecule has 2 saturated heterocycles. The summed E-state index contributed by atoms with van der Waals surface area (Å²) in [5, 5.41) is 9.64. The molecule has 0 amide bonds. The monoisotopic (exact) mass is 480 g/mol. The molecule has 4 heterocycles. The van der Waals surface area contributed by atoms with Crippen molar-refractivity contribution in [3.05, 3.63) is 59.7 Å². The fraction of sp³-hybridized carbons (Fsp3) is 0.423. The molecule has 1 N–H and O–H groups in total. The lowest BCUT2D eigenvalue weighted by Gasteiger charge is -2.26. The van der Waals surface area contributed by atoms with Gasteiger partial charge in [0, 0.05) is 60.1 Å². The van der Waals surface area contributed by atoms with Gasteiger partial charge >= 0.3 is 0 Å². The predicted molar refractivity (Wildman–Crippen MR) is 133 cm³/mol. The van der Waals surface area contributed by atoms with Crippen LogP contribution in [-0.2, 0) is 22.1 Å². The molecule has 34 heavy (non-hydrogen) atoms. The molecule has 6 nitrogen and oxygen atoms in total. The second kappa shape index (κ2) is 9.24. The number of nitrogens with zero attached hydrogens (tertiary/aromatic N) is 3. The van der Waals surface area contributed by atoms with E-state index in [1.807, 2.05) is 18.3 Å². The van der Waals surface area contributed by atoms with Crippen molar-refractivity contribution < 1.29 is 13.3 Å². The van der Waals surface area contributed by atoms with Gasteiger partial charge in [0.25, 0.3) is 0 Å². The third kappa shape index (κ3) is 3.97. The molecule has 2 aliphatic heterocycles. The maximum atomic E-state index is 13.8. The summed E-state index contributed by atoms with van der Waals surface area (Å²) in [5.74, 6) is 0.928. The van der Waals surface area contributed by atoms with Gasteiger partial charge < -0.3 is 9.30 Å². The molecule has 0 saturated carbocycles. The molecular formula is C26H29FN4O2S. The fourth-order valence-electron chi connectivity index (χ4n) is 5.58. The normalized spacial score (nSPS) is 20.1. The Morgan fingerprint density at radius 3 is 2.76 bits per heavy atom. The number of rotatable bonds is 6. The number of aryl methyl sites for hydroxylation is 1. The van der Waals surface area contributed by atoms with Gasteiger partial charge in [-0.25, -0.2) is 12.9 Å². The molecule has 2 aromatic heterocycles. The lowest BCUT2D eigenvalue weighted by atomic mass is 9.91. The smallest absolute Gasteiger partial charge is 0.123 e. The highest BCUT2D eigenvalue weighted by Gasteiger charge is 2.28. The van der Waals surface area contributed by atoms with Crippen molar-refractivity contribution in [1.29, 1.82) is 0 Å². The summed E-state index contributed by atoms with van der Waals surface area (Å²) in [4.78, 5) is 0. The van der Waals surface area contributed by atoms with Gasteiger partial charge in [0.05, 0.1) is 28.2 Å². The second-order valence-corrected chi connectivity index (χ2v) is 10.9. The van der Waals surface area contributed by atoms with E-state index in [1.165, 1.54) is 28.8 Å². The van der Waals surface area contributed by atoms with E-state index >= 15 is 0 Å². The number of hydrogen-bond acceptors (Lipinski definition) is 3. The summed E-state index contributed by atoms with van der Waals surface area (Å²) in [6.45, 7) is 3.28. The Balaban J connectivity index is 1.50. The summed E-state index contributed by atoms with van der Waals surface area (Å²) in [5.41, 5.74) is 5.77. The zero-order valence-electron chi connectivity index (χ0n) is 19.1. The van der Waals surface area contributed by atoms with Gasteiger partial charge in [0.2, 0.25) is 0 Å². The van der Waals surface area contributed by atoms with Gasteiger partial charge in [-0.2, -0.15) is 5.10 Å². The van der Waals surface area contributed by atoms with E-state index in [1.54, 1.807) is 0 Å². The molecule has 6 rings (SSSR count). The lowest BCUT2D eigenvalue weighted by molar-refractivity contribution is 0.0841. The summed E-state index contributed by atoms with van der Waals surface area (Å²) in [6, 6.07) is 11.2. The van der Waals surface area contributed by atoms with E-state index in [4.69, 9.17) is 4.74 Å². The minimum absolute atomic E-state index is 0.233. The van der Waals surface area contributed by atoms with E-state index in [-0.39, 0.29) is 5.82 Å². The predicted octanol–water partition coefficient (Wildman–Crippen LogP) is 4.84. The number of aromatic nitrogens is 3. The van der Waals surface area contributed by atoms with Crippen LogP contribution in [0.1, 0.15) is 42.9 Å². The third-order valence-electron chi connectivity index (χ3n) is 7.21. The first-order valence-electron chi connectivity index (χ1n) is 12.2. The van der Waals surface area contributed by atoms with Crippen molar-refractivity contribution >= 4 is 32.8 Å². The Hall–Kier alpha value is -2.55. The first-order valence-corrected chi connectivity index (χ1v) is 13.4. The van der Waals surface area contributed by atoms with Gasteiger partial charge in [0.15, 0.2) is 0 Å². The van der Waals surface area contributed by atoms with Gasteiger partial charge in [-0.15, -0.1) is 0 Å². The number of ether oxygens (including phenoxy) is 1. The van der Waals surface area contributed by atoms with E-state index in [0.717, 1.165) is 86.3 Å². The summed E-state index contributed by atoms with van der Waals surface area (Å²) in [6.07, 6.45) is 6.67. The zero-order valence-corrected chi connectivity index (χ0v) is 20.0. The largest absolute Gasteiger partial charge is 0.381 e. The van der Waals surface area contributed by atoms with Crippen LogP contribution in [0.25, 0.3) is 27.5 Å². The molecule has 0 aliphatic carbocycles. The summed E-state index contributed by atoms with van der Waals surface area (Å²) >= 11 is 0. The fourth-order valence-corrected chi connectivity index (χ4v) is 6.88. The minimum Gasteiger partial charge on any atom is -0.381 e. The Morgan fingerprint density at radius 2 is 2.00 bits per heavy atom. The van der Waals surface area contributed by atoms with Crippen LogP contribution < -0.4 is 0 Å². The molecule has 2 aromatic carbocycles. The van der Waals surface area contributed by atoms with Crippen LogP contribution in [-0.4, -0.2) is 55.3 Å². The van der Waals surface area contributed by atoms with Gasteiger partial charge in [0.1, 0.15) is 5.82 Å². The Morgan fingerprint density at radius 1 is 1.18 bits per heavy atom. The number of nitrogens with one attached hydrogen (secondary N) is 1. The molecule has 8 heteroatoms. The highest BCUT2D eigenvalue weighted by atomic mass is 32.2. The number of hydrogen-bond donors (Lipinski definition) is 1. The lowest BCUT2D eigenvalue weighted by Crippen LogP contribution is -2.22. The van der Waals surface area contributed by atoms with Gasteiger partial charge in [-0.1, -0.05) is 0 Å². The van der Waals surface area contributed by atoms with Crippen LogP contribution in [0.5, 0.6) is 0 Å². The van der Waals surface area contributed by atoms with Crippen molar-refractivity contribution in [3.8, 4) is 5.69 Å². The van der Waals surface area contributed by atoms with Crippen LogP contribution >= 0.6 is 0 Å². The number of benzene rings is 2. The molecular weight excluding hydrogens is 451 g/mol. The maximum absolute atomic E-state index is 13.8. The minimum atomic E-state index is -0.832.